The van der Waals surface area contributed by atoms with Gasteiger partial charge in [-0.05, 0) is 24.3 Å². The van der Waals surface area contributed by atoms with Crippen LogP contribution in [-0.2, 0) is 9.84 Å². The van der Waals surface area contributed by atoms with Crippen LogP contribution in [-0.4, -0.2) is 26.5 Å². The predicted octanol–water partition coefficient (Wildman–Crippen LogP) is -0.409. The van der Waals surface area contributed by atoms with Crippen molar-refractivity contribution in [2.45, 2.75) is 11.0 Å². The Balaban J connectivity index is 0.000000367. The van der Waals surface area contributed by atoms with Crippen LogP contribution < -0.4 is 27.3 Å². The van der Waals surface area contributed by atoms with Crippen molar-refractivity contribution in [3.8, 4) is 5.75 Å². The summed E-state index contributed by atoms with van der Waals surface area (Å²) in [7, 11) is -5.34. The van der Waals surface area contributed by atoms with Gasteiger partial charge in [-0.3, -0.25) is 0 Å². The lowest BCUT2D eigenvalue weighted by Crippen LogP contribution is -3.34. The fourth-order valence-electron chi connectivity index (χ4n) is 0.707. The molecule has 20 heavy (non-hydrogen) atoms. The smallest absolute Gasteiger partial charge is 0.497 e. The first kappa shape index (κ1) is 19.3. The summed E-state index contributed by atoms with van der Waals surface area (Å²) < 4.78 is 91.2. The van der Waals surface area contributed by atoms with Crippen molar-refractivity contribution >= 4 is 9.84 Å². The van der Waals surface area contributed by atoms with Crippen LogP contribution in [0.2, 0.25) is 0 Å². The molecule has 3 nitrogen and oxygen atoms in total. The monoisotopic (exact) mass is 437 g/mol. The minimum absolute atomic E-state index is 0.919. The molecule has 0 saturated heterocycles. The van der Waals surface area contributed by atoms with E-state index in [1.165, 1.54) is 3.57 Å². The molecule has 0 aliphatic heterocycles. The van der Waals surface area contributed by atoms with Crippen LogP contribution in [0, 0.1) is 3.57 Å². The topological polar surface area (TPSA) is 43.4 Å². The summed E-state index contributed by atoms with van der Waals surface area (Å²) in [5, 5.41) is 0. The van der Waals surface area contributed by atoms with E-state index in [1.54, 1.807) is 7.11 Å². The lowest BCUT2D eigenvalue weighted by molar-refractivity contribution is -0.328. The second kappa shape index (κ2) is 6.83. The van der Waals surface area contributed by atoms with E-state index < -0.39 is 20.9 Å². The molecule has 1 aromatic rings. The molecular weight excluding hydrogens is 429 g/mol. The van der Waals surface area contributed by atoms with Gasteiger partial charge in [0, 0.05) is 0 Å². The number of alkyl halides is 6. The fraction of sp³-hybridized carbons (Fsp3) is 0.333. The SMILES string of the molecule is COc1ccc([IH+])cc1.O=S(=O)(C(F)(F)F)C(F)(F)F. The van der Waals surface area contributed by atoms with Gasteiger partial charge in [0.1, 0.15) is 5.75 Å². The maximum Gasteiger partial charge on any atom is 0.506 e. The highest BCUT2D eigenvalue weighted by Crippen LogP contribution is 2.36. The second-order valence-corrected chi connectivity index (χ2v) is 6.35. The largest absolute Gasteiger partial charge is 0.506 e. The van der Waals surface area contributed by atoms with E-state index in [9.17, 15) is 34.8 Å². The molecule has 0 fully saturated rings. The first-order valence-electron chi connectivity index (χ1n) is 4.51. The van der Waals surface area contributed by atoms with Crippen molar-refractivity contribution in [3.63, 3.8) is 0 Å². The maximum absolute atomic E-state index is 11.0. The van der Waals surface area contributed by atoms with Gasteiger partial charge in [0.2, 0.25) is 0 Å². The minimum atomic E-state index is -7.01. The number of ether oxygens (including phenoxy) is 1. The number of methoxy groups -OCH3 is 1. The van der Waals surface area contributed by atoms with Crippen LogP contribution in [0.15, 0.2) is 24.3 Å². The van der Waals surface area contributed by atoms with Gasteiger partial charge in [0.05, 0.1) is 7.11 Å². The lowest BCUT2D eigenvalue weighted by atomic mass is 10.3. The number of hydrogen-bond donors (Lipinski definition) is 0. The predicted molar refractivity (Wildman–Crippen MR) is 54.1 cm³/mol. The Hall–Kier alpha value is -0.720. The van der Waals surface area contributed by atoms with Gasteiger partial charge in [-0.2, -0.15) is 26.3 Å². The lowest BCUT2D eigenvalue weighted by Gasteiger charge is -2.09. The van der Waals surface area contributed by atoms with Gasteiger partial charge >= 0.3 is 20.9 Å². The normalized spacial score (nSPS) is 12.4. The molecule has 0 aliphatic carbocycles. The molecule has 0 heterocycles. The summed E-state index contributed by atoms with van der Waals surface area (Å²) in [6.07, 6.45) is 0. The number of hydrogen-bond acceptors (Lipinski definition) is 3. The zero-order valence-corrected chi connectivity index (χ0v) is 12.8. The molecule has 0 unspecified atom stereocenters. The molecule has 116 valence electrons. The van der Waals surface area contributed by atoms with Crippen LogP contribution in [0.1, 0.15) is 0 Å². The maximum atomic E-state index is 11.0. The molecule has 0 aromatic heterocycles. The molecule has 0 bridgehead atoms. The third kappa shape index (κ3) is 5.34. The van der Waals surface area contributed by atoms with Crippen molar-refractivity contribution in [2.24, 2.45) is 0 Å². The highest BCUT2D eigenvalue weighted by molar-refractivity contribution is 7.93. The average Bonchev–Trinajstić information content (AvgIpc) is 2.28. The standard InChI is InChI=1S/C7H8IO.C2F6O2S/c1-9-7-4-2-6(8)3-5-7;3-1(4,5)11(9,10)2(6,7)8/h2-5,8H,1H3;/q+1;. The van der Waals surface area contributed by atoms with Crippen LogP contribution in [0.25, 0.3) is 0 Å². The van der Waals surface area contributed by atoms with E-state index in [0.717, 1.165) is 5.75 Å². The summed E-state index contributed by atoms with van der Waals surface area (Å²) in [6.45, 7) is 0. The highest BCUT2D eigenvalue weighted by Gasteiger charge is 2.63. The Morgan fingerprint density at radius 2 is 1.30 bits per heavy atom. The summed E-state index contributed by atoms with van der Waals surface area (Å²) in [6, 6.07) is 7.97. The first-order valence-corrected chi connectivity index (χ1v) is 7.16. The quantitative estimate of drug-likeness (QED) is 0.444. The third-order valence-electron chi connectivity index (χ3n) is 1.67. The molecule has 11 heteroatoms. The van der Waals surface area contributed by atoms with Gasteiger partial charge < -0.3 is 4.74 Å². The fourth-order valence-corrected chi connectivity index (χ4v) is 1.36. The van der Waals surface area contributed by atoms with Crippen LogP contribution >= 0.6 is 0 Å². The van der Waals surface area contributed by atoms with E-state index in [-0.39, 0.29) is 0 Å². The molecule has 0 aliphatic rings. The Bertz CT molecular complexity index is 500. The van der Waals surface area contributed by atoms with Crippen molar-refractivity contribution in [2.75, 3.05) is 7.11 Å². The van der Waals surface area contributed by atoms with Crippen molar-refractivity contribution in [3.05, 3.63) is 27.8 Å². The van der Waals surface area contributed by atoms with Crippen LogP contribution in [0.3, 0.4) is 0 Å². The number of benzene rings is 1. The van der Waals surface area contributed by atoms with Gasteiger partial charge in [-0.15, -0.1) is 0 Å². The zero-order valence-electron chi connectivity index (χ0n) is 9.62. The van der Waals surface area contributed by atoms with E-state index >= 15 is 0 Å². The van der Waals surface area contributed by atoms with Gasteiger partial charge in [-0.1, -0.05) is 0 Å². The molecule has 0 spiro atoms. The minimum Gasteiger partial charge on any atom is -0.497 e. The molecule has 0 amide bonds. The van der Waals surface area contributed by atoms with Crippen molar-refractivity contribution < 1.29 is 62.1 Å². The van der Waals surface area contributed by atoms with E-state index in [2.05, 4.69) is 0 Å². The first-order chi connectivity index (χ1) is 8.83. The molecule has 0 atom stereocenters. The van der Waals surface area contributed by atoms with E-state index in [4.69, 9.17) is 4.74 Å². The Morgan fingerprint density at radius 1 is 0.950 bits per heavy atom. The zero-order chi connectivity index (χ0) is 16.2. The van der Waals surface area contributed by atoms with Crippen molar-refractivity contribution in [1.82, 2.24) is 0 Å². The van der Waals surface area contributed by atoms with Gasteiger partial charge in [0.15, 0.2) is 3.57 Å². The summed E-state index contributed by atoms with van der Waals surface area (Å²) in [5.41, 5.74) is -12.5. The molecule has 0 radical (unpaired) electrons. The molecule has 0 N–H and O–H groups in total. The Kier molecular flexibility index (Phi) is 6.58. The number of rotatable bonds is 1. The Morgan fingerprint density at radius 3 is 1.50 bits per heavy atom. The third-order valence-corrected chi connectivity index (χ3v) is 3.66. The average molecular weight is 437 g/mol. The summed E-state index contributed by atoms with van der Waals surface area (Å²) in [4.78, 5) is 0. The van der Waals surface area contributed by atoms with E-state index in [1.807, 2.05) is 46.9 Å². The summed E-state index contributed by atoms with van der Waals surface area (Å²) in [5.74, 6) is 0.919. The molecule has 1 aromatic carbocycles. The van der Waals surface area contributed by atoms with Crippen LogP contribution in [0.5, 0.6) is 5.75 Å². The molecule has 1 rings (SSSR count). The summed E-state index contributed by atoms with van der Waals surface area (Å²) >= 11 is 1.99. The Labute approximate surface area is 124 Å². The highest BCUT2D eigenvalue weighted by atomic mass is 127. The second-order valence-electron chi connectivity index (χ2n) is 3.07. The molecule has 0 saturated carbocycles. The van der Waals surface area contributed by atoms with Gasteiger partial charge in [0.25, 0.3) is 22.6 Å². The van der Waals surface area contributed by atoms with E-state index in [0.29, 0.717) is 0 Å². The van der Waals surface area contributed by atoms with Crippen molar-refractivity contribution in [1.29, 1.82) is 0 Å². The number of sulfone groups is 1. The van der Waals surface area contributed by atoms with Crippen LogP contribution in [0.4, 0.5) is 26.3 Å². The van der Waals surface area contributed by atoms with Gasteiger partial charge in [-0.25, -0.2) is 8.42 Å². The number of halogens is 7. The molecular formula is C9H8F6IO3S+.